The zero-order chi connectivity index (χ0) is 25.7. The predicted molar refractivity (Wildman–Crippen MR) is 120 cm³/mol. The van der Waals surface area contributed by atoms with Gasteiger partial charge in [0, 0.05) is 6.54 Å². The average Bonchev–Trinajstić information content (AvgIpc) is 2.68. The molecular formula is C19H36N8O6. The minimum Gasteiger partial charge on any atom is -0.480 e. The predicted octanol–water partition coefficient (Wildman–Crippen LogP) is -3.15. The van der Waals surface area contributed by atoms with Crippen molar-refractivity contribution in [1.29, 1.82) is 0 Å². The van der Waals surface area contributed by atoms with Crippen LogP contribution in [0.15, 0.2) is 4.99 Å². The van der Waals surface area contributed by atoms with E-state index < -0.39 is 60.2 Å². The van der Waals surface area contributed by atoms with E-state index in [0.29, 0.717) is 6.42 Å². The maximum Gasteiger partial charge on any atom is 0.325 e. The molecule has 0 spiro atoms. The van der Waals surface area contributed by atoms with Crippen molar-refractivity contribution < 1.29 is 29.1 Å². The van der Waals surface area contributed by atoms with Crippen molar-refractivity contribution in [3.05, 3.63) is 0 Å². The molecule has 188 valence electrons. The number of primary amides is 1. The number of nitrogens with zero attached hydrogens (tertiary/aromatic N) is 1. The first-order valence-electron chi connectivity index (χ1n) is 10.5. The number of aliphatic carboxylic acids is 1. The van der Waals surface area contributed by atoms with Gasteiger partial charge in [-0.15, -0.1) is 0 Å². The standard InChI is InChI=1S/C19H36N8O6/c1-9(2)7-12(16(30)25-10(3)18(32)33)27-17(31)13(8-14(21)28)26-15(29)11(20)5-4-6-24-19(22)23/h9-13H,4-8,20H2,1-3H3,(H2,21,28)(H,25,30)(H,26,29)(H,27,31)(H,32,33)(H4,22,23,24). The van der Waals surface area contributed by atoms with Gasteiger partial charge in [-0.25, -0.2) is 0 Å². The van der Waals surface area contributed by atoms with Crippen LogP contribution in [0.4, 0.5) is 0 Å². The molecule has 0 aromatic carbocycles. The number of hydrogen-bond acceptors (Lipinski definition) is 7. The largest absolute Gasteiger partial charge is 0.480 e. The quantitative estimate of drug-likeness (QED) is 0.0678. The van der Waals surface area contributed by atoms with Gasteiger partial charge in [0.2, 0.25) is 23.6 Å². The molecule has 0 aromatic heterocycles. The lowest BCUT2D eigenvalue weighted by Crippen LogP contribution is -2.57. The fourth-order valence-corrected chi connectivity index (χ4v) is 2.69. The first-order chi connectivity index (χ1) is 15.2. The number of hydrogen-bond donors (Lipinski definition) is 8. The van der Waals surface area contributed by atoms with E-state index in [1.165, 1.54) is 6.92 Å². The van der Waals surface area contributed by atoms with E-state index in [1.807, 2.05) is 0 Å². The Labute approximate surface area is 192 Å². The van der Waals surface area contributed by atoms with Gasteiger partial charge in [0.05, 0.1) is 12.5 Å². The van der Waals surface area contributed by atoms with Gasteiger partial charge in [0.25, 0.3) is 0 Å². The molecule has 4 amide bonds. The summed E-state index contributed by atoms with van der Waals surface area (Å²) in [5, 5.41) is 16.1. The number of aliphatic imine (C=N–C) groups is 1. The van der Waals surface area contributed by atoms with Crippen molar-refractivity contribution in [2.75, 3.05) is 6.54 Å². The summed E-state index contributed by atoms with van der Waals surface area (Å²) >= 11 is 0. The van der Waals surface area contributed by atoms with Crippen molar-refractivity contribution in [3.63, 3.8) is 0 Å². The molecule has 12 N–H and O–H groups in total. The highest BCUT2D eigenvalue weighted by molar-refractivity contribution is 5.96. The molecule has 0 aliphatic carbocycles. The van der Waals surface area contributed by atoms with Crippen molar-refractivity contribution >= 4 is 35.6 Å². The molecule has 0 aliphatic rings. The van der Waals surface area contributed by atoms with Crippen LogP contribution in [0.25, 0.3) is 0 Å². The molecule has 0 fully saturated rings. The number of nitrogens with two attached hydrogens (primary N) is 4. The fourth-order valence-electron chi connectivity index (χ4n) is 2.69. The summed E-state index contributed by atoms with van der Waals surface area (Å²) in [5.41, 5.74) is 21.5. The lowest BCUT2D eigenvalue weighted by Gasteiger charge is -2.25. The molecule has 0 saturated heterocycles. The van der Waals surface area contributed by atoms with Gasteiger partial charge in [-0.2, -0.15) is 0 Å². The van der Waals surface area contributed by atoms with Crippen molar-refractivity contribution in [2.24, 2.45) is 33.8 Å². The summed E-state index contributed by atoms with van der Waals surface area (Å²) in [4.78, 5) is 63.9. The van der Waals surface area contributed by atoms with E-state index in [4.69, 9.17) is 28.0 Å². The molecule has 0 saturated carbocycles. The molecule has 14 heteroatoms. The Balaban J connectivity index is 5.26. The summed E-state index contributed by atoms with van der Waals surface area (Å²) < 4.78 is 0. The van der Waals surface area contributed by atoms with Crippen LogP contribution in [0.2, 0.25) is 0 Å². The number of carbonyl (C=O) groups excluding carboxylic acids is 4. The van der Waals surface area contributed by atoms with E-state index in [-0.39, 0.29) is 31.3 Å². The van der Waals surface area contributed by atoms with Gasteiger partial charge in [-0.1, -0.05) is 13.8 Å². The smallest absolute Gasteiger partial charge is 0.325 e. The Bertz CT molecular complexity index is 738. The second kappa shape index (κ2) is 14.6. The third-order valence-electron chi connectivity index (χ3n) is 4.41. The Morgan fingerprint density at radius 3 is 1.91 bits per heavy atom. The van der Waals surface area contributed by atoms with Gasteiger partial charge in [0.15, 0.2) is 5.96 Å². The molecule has 14 nitrogen and oxygen atoms in total. The molecule has 0 aromatic rings. The van der Waals surface area contributed by atoms with Gasteiger partial charge in [-0.3, -0.25) is 29.0 Å². The maximum atomic E-state index is 12.8. The minimum atomic E-state index is -1.38. The second-order valence-corrected chi connectivity index (χ2v) is 8.05. The zero-order valence-corrected chi connectivity index (χ0v) is 19.2. The Hall–Kier alpha value is -3.42. The third kappa shape index (κ3) is 12.9. The molecule has 0 heterocycles. The summed E-state index contributed by atoms with van der Waals surface area (Å²) in [7, 11) is 0. The highest BCUT2D eigenvalue weighted by Crippen LogP contribution is 2.07. The Morgan fingerprint density at radius 2 is 1.42 bits per heavy atom. The maximum absolute atomic E-state index is 12.8. The molecule has 4 unspecified atom stereocenters. The van der Waals surface area contributed by atoms with Crippen LogP contribution in [0.1, 0.15) is 46.5 Å². The number of carboxylic acids is 1. The van der Waals surface area contributed by atoms with Crippen LogP contribution in [-0.2, 0) is 24.0 Å². The second-order valence-electron chi connectivity index (χ2n) is 8.05. The minimum absolute atomic E-state index is 0.0380. The summed E-state index contributed by atoms with van der Waals surface area (Å²) in [5.74, 6) is -4.49. The van der Waals surface area contributed by atoms with Gasteiger partial charge in [-0.05, 0) is 32.1 Å². The normalized spacial score (nSPS) is 14.3. The Morgan fingerprint density at radius 1 is 0.879 bits per heavy atom. The fraction of sp³-hybridized carbons (Fsp3) is 0.684. The van der Waals surface area contributed by atoms with Crippen LogP contribution in [0.5, 0.6) is 0 Å². The highest BCUT2D eigenvalue weighted by Gasteiger charge is 2.30. The molecule has 0 aliphatic heterocycles. The van der Waals surface area contributed by atoms with Crippen LogP contribution >= 0.6 is 0 Å². The number of nitrogens with one attached hydrogen (secondary N) is 3. The van der Waals surface area contributed by atoms with Crippen LogP contribution in [0.3, 0.4) is 0 Å². The zero-order valence-electron chi connectivity index (χ0n) is 19.2. The molecule has 4 atom stereocenters. The average molecular weight is 473 g/mol. The molecule has 33 heavy (non-hydrogen) atoms. The van der Waals surface area contributed by atoms with E-state index >= 15 is 0 Å². The topological polar surface area (TPSA) is 258 Å². The lowest BCUT2D eigenvalue weighted by molar-refractivity contribution is -0.142. The van der Waals surface area contributed by atoms with Crippen LogP contribution in [-0.4, -0.2) is 71.4 Å². The summed E-state index contributed by atoms with van der Waals surface area (Å²) in [6.07, 6.45) is 0.266. The summed E-state index contributed by atoms with van der Waals surface area (Å²) in [6.45, 7) is 5.14. The first kappa shape index (κ1) is 29.6. The van der Waals surface area contributed by atoms with E-state index in [1.54, 1.807) is 13.8 Å². The van der Waals surface area contributed by atoms with Gasteiger partial charge < -0.3 is 44.0 Å². The third-order valence-corrected chi connectivity index (χ3v) is 4.41. The van der Waals surface area contributed by atoms with E-state index in [2.05, 4.69) is 20.9 Å². The molecule has 0 bridgehead atoms. The van der Waals surface area contributed by atoms with Crippen LogP contribution < -0.4 is 38.9 Å². The van der Waals surface area contributed by atoms with E-state index in [0.717, 1.165) is 0 Å². The number of guanidine groups is 1. The summed E-state index contributed by atoms with van der Waals surface area (Å²) in [6, 6.07) is -4.66. The number of carboxylic acid groups (broad SMARTS) is 1. The first-order valence-corrected chi connectivity index (χ1v) is 10.5. The van der Waals surface area contributed by atoms with Crippen LogP contribution in [0, 0.1) is 5.92 Å². The Kier molecular flexibility index (Phi) is 13.1. The van der Waals surface area contributed by atoms with Crippen molar-refractivity contribution in [1.82, 2.24) is 16.0 Å². The molecular weight excluding hydrogens is 436 g/mol. The lowest BCUT2D eigenvalue weighted by atomic mass is 10.0. The number of rotatable bonds is 15. The molecule has 0 rings (SSSR count). The van der Waals surface area contributed by atoms with E-state index in [9.17, 15) is 24.0 Å². The monoisotopic (exact) mass is 472 g/mol. The number of amides is 4. The SMILES string of the molecule is CC(C)CC(NC(=O)C(CC(N)=O)NC(=O)C(N)CCCN=C(N)N)C(=O)NC(C)C(=O)O. The van der Waals surface area contributed by atoms with Crippen molar-refractivity contribution in [2.45, 2.75) is 70.6 Å². The van der Waals surface area contributed by atoms with Crippen molar-refractivity contribution in [3.8, 4) is 0 Å². The molecule has 0 radical (unpaired) electrons. The number of carbonyl (C=O) groups is 5. The van der Waals surface area contributed by atoms with Gasteiger partial charge in [0.1, 0.15) is 18.1 Å². The van der Waals surface area contributed by atoms with Gasteiger partial charge >= 0.3 is 5.97 Å². The highest BCUT2D eigenvalue weighted by atomic mass is 16.4.